The lowest BCUT2D eigenvalue weighted by atomic mass is 9.95. The van der Waals surface area contributed by atoms with Crippen LogP contribution in [-0.4, -0.2) is 22.1 Å². The van der Waals surface area contributed by atoms with E-state index in [9.17, 15) is 48.7 Å². The third-order valence-corrected chi connectivity index (χ3v) is 6.34. The van der Waals surface area contributed by atoms with E-state index in [1.165, 1.54) is 0 Å². The van der Waals surface area contributed by atoms with Crippen LogP contribution in [0.25, 0.3) is 5.83 Å². The number of carbonyl (C=O) groups excluding carboxylic acids is 1. The number of carbonyl (C=O) groups is 1. The molecule has 3 rings (SSSR count). The van der Waals surface area contributed by atoms with E-state index in [1.807, 2.05) is 5.43 Å². The first-order chi connectivity index (χ1) is 18.8. The Bertz CT molecular complexity index is 1450. The molecule has 1 aromatic heterocycles. The van der Waals surface area contributed by atoms with E-state index in [1.54, 1.807) is 5.43 Å². The third kappa shape index (κ3) is 7.92. The van der Waals surface area contributed by atoms with Gasteiger partial charge in [-0.05, 0) is 35.9 Å². The predicted molar refractivity (Wildman–Crippen MR) is 129 cm³/mol. The Morgan fingerprint density at radius 1 is 0.854 bits per heavy atom. The smallest absolute Gasteiger partial charge is 0.267 e. The van der Waals surface area contributed by atoms with E-state index in [4.69, 9.17) is 34.8 Å². The molecule has 0 saturated heterocycles. The van der Waals surface area contributed by atoms with Crippen LogP contribution in [0.2, 0.25) is 15.1 Å². The summed E-state index contributed by atoms with van der Waals surface area (Å²) in [6.07, 6.45) is -14.5. The number of anilines is 1. The van der Waals surface area contributed by atoms with Gasteiger partial charge in [-0.1, -0.05) is 40.9 Å². The molecule has 220 valence electrons. The molecule has 0 fully saturated rings. The van der Waals surface area contributed by atoms with Crippen LogP contribution in [0.3, 0.4) is 0 Å². The quantitative estimate of drug-likeness (QED) is 0.158. The van der Waals surface area contributed by atoms with Gasteiger partial charge >= 0.3 is 18.5 Å². The fourth-order valence-electron chi connectivity index (χ4n) is 3.22. The minimum absolute atomic E-state index is 0.00533. The summed E-state index contributed by atoms with van der Waals surface area (Å²) in [6, 6.07) is 2.72. The van der Waals surface area contributed by atoms with Crippen LogP contribution in [0.15, 0.2) is 48.8 Å². The zero-order chi connectivity index (χ0) is 30.9. The van der Waals surface area contributed by atoms with E-state index >= 15 is 0 Å². The maximum Gasteiger partial charge on any atom is 0.419 e. The maximum atomic E-state index is 15.0. The molecule has 1 unspecified atom stereocenters. The highest BCUT2D eigenvalue weighted by Gasteiger charge is 2.41. The van der Waals surface area contributed by atoms with E-state index in [2.05, 4.69) is 9.97 Å². The van der Waals surface area contributed by atoms with Gasteiger partial charge in [0.1, 0.15) is 11.7 Å². The minimum atomic E-state index is -5.30. The molecule has 1 atom stereocenters. The van der Waals surface area contributed by atoms with Gasteiger partial charge in [0.2, 0.25) is 5.95 Å². The van der Waals surface area contributed by atoms with Crippen molar-refractivity contribution in [2.75, 3.05) is 5.43 Å². The zero-order valence-electron chi connectivity index (χ0n) is 19.4. The highest BCUT2D eigenvalue weighted by atomic mass is 35.5. The molecule has 2 N–H and O–H groups in total. The Balaban J connectivity index is 1.93. The Hall–Kier alpha value is -3.30. The number of alkyl halides is 9. The van der Waals surface area contributed by atoms with Gasteiger partial charge in [0.25, 0.3) is 5.91 Å². The highest BCUT2D eigenvalue weighted by Crippen LogP contribution is 2.43. The van der Waals surface area contributed by atoms with Gasteiger partial charge < -0.3 is 0 Å². The van der Waals surface area contributed by atoms with Crippen molar-refractivity contribution in [3.8, 4) is 0 Å². The van der Waals surface area contributed by atoms with Crippen molar-refractivity contribution < 1.29 is 48.7 Å². The van der Waals surface area contributed by atoms with Crippen molar-refractivity contribution in [1.29, 1.82) is 0 Å². The number of hydrogen-bond acceptors (Lipinski definition) is 4. The second-order valence-electron chi connectivity index (χ2n) is 7.96. The maximum absolute atomic E-state index is 15.0. The van der Waals surface area contributed by atoms with Crippen LogP contribution in [0.4, 0.5) is 49.9 Å². The largest absolute Gasteiger partial charge is 0.419 e. The number of rotatable bonds is 6. The van der Waals surface area contributed by atoms with E-state index < -0.39 is 69.9 Å². The van der Waals surface area contributed by atoms with Gasteiger partial charge in [-0.2, -0.15) is 39.5 Å². The first-order valence-corrected chi connectivity index (χ1v) is 11.7. The van der Waals surface area contributed by atoms with Crippen molar-refractivity contribution in [2.45, 2.75) is 24.4 Å². The fourth-order valence-corrected chi connectivity index (χ4v) is 3.83. The Morgan fingerprint density at radius 3 is 1.90 bits per heavy atom. The number of aromatic nitrogens is 2. The summed E-state index contributed by atoms with van der Waals surface area (Å²) >= 11 is 17.2. The first-order valence-electron chi connectivity index (χ1n) is 10.5. The lowest BCUT2D eigenvalue weighted by Gasteiger charge is -2.19. The monoisotopic (exact) mass is 654 g/mol. The summed E-state index contributed by atoms with van der Waals surface area (Å²) in [5.41, 5.74) is -2.07. The van der Waals surface area contributed by atoms with Gasteiger partial charge in [0.15, 0.2) is 0 Å². The van der Waals surface area contributed by atoms with Crippen LogP contribution in [0.5, 0.6) is 0 Å². The standard InChI is InChI=1S/C23H11Cl3F10N4O/c24-15-4-10(5-16(25)18(15)26)13(22(31,32)33)6-17(27)9-1-2-12(14(3-9)23(34,35)36)19(41)39-40-20-37-7-11(8-38-20)21(28,29)30/h1-8,13H,(H,39,41)(H,37,38,40)/b17-6-. The van der Waals surface area contributed by atoms with Crippen LogP contribution >= 0.6 is 34.8 Å². The fraction of sp³-hybridized carbons (Fsp3) is 0.174. The molecule has 18 heteroatoms. The number of nitrogens with zero attached hydrogens (tertiary/aromatic N) is 2. The average molecular weight is 656 g/mol. The summed E-state index contributed by atoms with van der Waals surface area (Å²) in [5.74, 6) is -6.57. The van der Waals surface area contributed by atoms with Crippen molar-refractivity contribution in [1.82, 2.24) is 15.4 Å². The SMILES string of the molecule is O=C(NNc1ncc(C(F)(F)F)cn1)c1ccc(/C(F)=C/C(c2cc(Cl)c(Cl)c(Cl)c2)C(F)(F)F)cc1C(F)(F)F. The molecule has 0 saturated carbocycles. The molecule has 3 aromatic rings. The normalized spacial score (nSPS) is 13.6. The summed E-state index contributed by atoms with van der Waals surface area (Å²) in [7, 11) is 0. The van der Waals surface area contributed by atoms with Crippen LogP contribution in [0.1, 0.15) is 38.5 Å². The van der Waals surface area contributed by atoms with E-state index in [-0.39, 0.29) is 27.2 Å². The molecule has 5 nitrogen and oxygen atoms in total. The van der Waals surface area contributed by atoms with Gasteiger partial charge in [0, 0.05) is 18.0 Å². The molecule has 0 spiro atoms. The Labute approximate surface area is 238 Å². The second-order valence-corrected chi connectivity index (χ2v) is 9.16. The van der Waals surface area contributed by atoms with Crippen molar-refractivity contribution in [3.05, 3.63) is 91.7 Å². The van der Waals surface area contributed by atoms with Crippen molar-refractivity contribution in [3.63, 3.8) is 0 Å². The lowest BCUT2D eigenvalue weighted by molar-refractivity contribution is -0.140. The minimum Gasteiger partial charge on any atom is -0.267 e. The van der Waals surface area contributed by atoms with Crippen molar-refractivity contribution >= 4 is 52.5 Å². The van der Waals surface area contributed by atoms with Crippen molar-refractivity contribution in [2.24, 2.45) is 0 Å². The van der Waals surface area contributed by atoms with E-state index in [0.29, 0.717) is 24.5 Å². The number of amides is 1. The van der Waals surface area contributed by atoms with Crippen LogP contribution < -0.4 is 10.9 Å². The average Bonchev–Trinajstić information content (AvgIpc) is 2.86. The molecule has 0 radical (unpaired) electrons. The van der Waals surface area contributed by atoms with Gasteiger partial charge in [-0.3, -0.25) is 15.6 Å². The van der Waals surface area contributed by atoms with Gasteiger partial charge in [0.05, 0.1) is 31.8 Å². The molecule has 1 heterocycles. The van der Waals surface area contributed by atoms with Gasteiger partial charge in [-0.15, -0.1) is 0 Å². The Kier molecular flexibility index (Phi) is 9.35. The second kappa shape index (κ2) is 11.9. The number of nitrogens with one attached hydrogen (secondary N) is 2. The van der Waals surface area contributed by atoms with Crippen LogP contribution in [-0.2, 0) is 12.4 Å². The molecular formula is C23H11Cl3F10N4O. The number of halogens is 13. The number of allylic oxidation sites excluding steroid dienone is 1. The molecule has 0 aliphatic heterocycles. The number of benzene rings is 2. The summed E-state index contributed by atoms with van der Waals surface area (Å²) in [4.78, 5) is 18.9. The molecule has 41 heavy (non-hydrogen) atoms. The van der Waals surface area contributed by atoms with E-state index in [0.717, 1.165) is 12.1 Å². The molecule has 0 aliphatic rings. The molecule has 2 aromatic carbocycles. The zero-order valence-corrected chi connectivity index (χ0v) is 21.7. The summed E-state index contributed by atoms with van der Waals surface area (Å²) in [5, 5.41) is -1.05. The third-order valence-electron chi connectivity index (χ3n) is 5.14. The number of hydrogen-bond donors (Lipinski definition) is 2. The molecule has 0 aliphatic carbocycles. The molecular weight excluding hydrogens is 645 g/mol. The molecule has 0 bridgehead atoms. The molecule has 1 amide bonds. The topological polar surface area (TPSA) is 66.9 Å². The van der Waals surface area contributed by atoms with Crippen LogP contribution in [0, 0.1) is 0 Å². The predicted octanol–water partition coefficient (Wildman–Crippen LogP) is 8.89. The lowest BCUT2D eigenvalue weighted by Crippen LogP contribution is -2.32. The highest BCUT2D eigenvalue weighted by molar-refractivity contribution is 6.48. The summed E-state index contributed by atoms with van der Waals surface area (Å²) < 4.78 is 135. The first kappa shape index (κ1) is 32.2. The number of hydrazine groups is 1. The van der Waals surface area contributed by atoms with Gasteiger partial charge in [-0.25, -0.2) is 14.4 Å². The Morgan fingerprint density at radius 2 is 1.41 bits per heavy atom. The summed E-state index contributed by atoms with van der Waals surface area (Å²) in [6.45, 7) is 0.